The van der Waals surface area contributed by atoms with Crippen molar-refractivity contribution in [3.05, 3.63) is 36.5 Å². The van der Waals surface area contributed by atoms with E-state index in [-0.39, 0.29) is 23.7 Å². The summed E-state index contributed by atoms with van der Waals surface area (Å²) in [6, 6.07) is 10.1. The molecule has 1 aromatic carbocycles. The summed E-state index contributed by atoms with van der Waals surface area (Å²) < 4.78 is 0. The summed E-state index contributed by atoms with van der Waals surface area (Å²) in [5.41, 5.74) is 1.10. The molecule has 2 heterocycles. The van der Waals surface area contributed by atoms with E-state index in [1.54, 1.807) is 11.9 Å². The summed E-state index contributed by atoms with van der Waals surface area (Å²) in [5.74, 6) is 0.0775. The van der Waals surface area contributed by atoms with Crippen molar-refractivity contribution in [1.82, 2.24) is 9.88 Å². The van der Waals surface area contributed by atoms with E-state index in [1.165, 1.54) is 11.3 Å². The molecule has 0 bridgehead atoms. The van der Waals surface area contributed by atoms with Crippen LogP contribution in [0.1, 0.15) is 33.1 Å². The highest BCUT2D eigenvalue weighted by Crippen LogP contribution is 2.32. The van der Waals surface area contributed by atoms with Gasteiger partial charge < -0.3 is 4.90 Å². The minimum atomic E-state index is -0.152. The second-order valence-electron chi connectivity index (χ2n) is 7.20. The third-order valence-corrected chi connectivity index (χ3v) is 6.41. The van der Waals surface area contributed by atoms with Crippen molar-refractivity contribution in [2.24, 2.45) is 11.8 Å². The van der Waals surface area contributed by atoms with Crippen LogP contribution in [-0.2, 0) is 9.59 Å². The molecule has 0 N–H and O–H groups in total. The van der Waals surface area contributed by atoms with Crippen molar-refractivity contribution < 1.29 is 9.59 Å². The van der Waals surface area contributed by atoms with Gasteiger partial charge in [-0.25, -0.2) is 4.98 Å². The van der Waals surface area contributed by atoms with Gasteiger partial charge in [-0.2, -0.15) is 0 Å². The summed E-state index contributed by atoms with van der Waals surface area (Å²) >= 11 is 1.52. The van der Waals surface area contributed by atoms with E-state index >= 15 is 0 Å². The van der Waals surface area contributed by atoms with Gasteiger partial charge in [0.05, 0.1) is 10.8 Å². The normalized spacial score (nSPS) is 18.2. The third-order valence-electron chi connectivity index (χ3n) is 5.29. The molecular formula is C21H27N3O2S. The van der Waals surface area contributed by atoms with Gasteiger partial charge in [-0.1, -0.05) is 55.5 Å². The van der Waals surface area contributed by atoms with Crippen LogP contribution in [0.2, 0.25) is 0 Å². The number of hydrogen-bond acceptors (Lipinski definition) is 4. The van der Waals surface area contributed by atoms with E-state index in [1.807, 2.05) is 55.3 Å². The number of likely N-dealkylation sites (tertiary alicyclic amines) is 1. The SMILES string of the molecule is CCC(C)C(=O)N1CCCC(C(=O)N(C)c2ncc(-c3ccccc3)s2)C1. The molecule has 27 heavy (non-hydrogen) atoms. The van der Waals surface area contributed by atoms with Crippen LogP contribution in [0.5, 0.6) is 0 Å². The first kappa shape index (κ1) is 19.5. The fourth-order valence-corrected chi connectivity index (χ4v) is 4.28. The Labute approximate surface area is 165 Å². The highest BCUT2D eigenvalue weighted by atomic mass is 32.1. The molecule has 0 aliphatic carbocycles. The number of rotatable bonds is 5. The van der Waals surface area contributed by atoms with E-state index in [0.717, 1.165) is 36.2 Å². The summed E-state index contributed by atoms with van der Waals surface area (Å²) in [7, 11) is 1.78. The highest BCUT2D eigenvalue weighted by molar-refractivity contribution is 7.19. The lowest BCUT2D eigenvalue weighted by molar-refractivity contribution is -0.138. The molecule has 144 valence electrons. The minimum Gasteiger partial charge on any atom is -0.342 e. The van der Waals surface area contributed by atoms with Crippen molar-refractivity contribution in [2.75, 3.05) is 25.0 Å². The second kappa shape index (κ2) is 8.65. The average molecular weight is 386 g/mol. The first-order valence-electron chi connectivity index (χ1n) is 9.58. The lowest BCUT2D eigenvalue weighted by Crippen LogP contribution is -2.47. The number of nitrogens with zero attached hydrogens (tertiary/aromatic N) is 3. The number of anilines is 1. The fraction of sp³-hybridized carbons (Fsp3) is 0.476. The zero-order valence-electron chi connectivity index (χ0n) is 16.2. The van der Waals surface area contributed by atoms with Gasteiger partial charge in [-0.3, -0.25) is 14.5 Å². The molecule has 6 heteroatoms. The number of amides is 2. The maximum Gasteiger partial charge on any atom is 0.233 e. The first-order valence-corrected chi connectivity index (χ1v) is 10.4. The molecule has 1 aliphatic heterocycles. The molecule has 2 atom stereocenters. The van der Waals surface area contributed by atoms with E-state index in [2.05, 4.69) is 4.98 Å². The molecule has 2 unspecified atom stereocenters. The first-order chi connectivity index (χ1) is 13.0. The molecule has 1 saturated heterocycles. The zero-order chi connectivity index (χ0) is 19.4. The van der Waals surface area contributed by atoms with Crippen LogP contribution in [0, 0.1) is 11.8 Å². The smallest absolute Gasteiger partial charge is 0.233 e. The van der Waals surface area contributed by atoms with Gasteiger partial charge in [-0.15, -0.1) is 0 Å². The lowest BCUT2D eigenvalue weighted by atomic mass is 9.95. The van der Waals surface area contributed by atoms with Gasteiger partial charge >= 0.3 is 0 Å². The monoisotopic (exact) mass is 385 g/mol. The maximum absolute atomic E-state index is 13.0. The Kier molecular flexibility index (Phi) is 6.26. The Balaban J connectivity index is 1.68. The second-order valence-corrected chi connectivity index (χ2v) is 8.21. The van der Waals surface area contributed by atoms with Crippen molar-refractivity contribution in [1.29, 1.82) is 0 Å². The molecule has 0 spiro atoms. The van der Waals surface area contributed by atoms with Crippen LogP contribution in [0.25, 0.3) is 10.4 Å². The summed E-state index contributed by atoms with van der Waals surface area (Å²) in [6.45, 7) is 5.26. The number of benzene rings is 1. The number of hydrogen-bond donors (Lipinski definition) is 0. The van der Waals surface area contributed by atoms with E-state index in [4.69, 9.17) is 0 Å². The van der Waals surface area contributed by atoms with Crippen LogP contribution >= 0.6 is 11.3 Å². The topological polar surface area (TPSA) is 53.5 Å². The predicted molar refractivity (Wildman–Crippen MR) is 110 cm³/mol. The number of aromatic nitrogens is 1. The van der Waals surface area contributed by atoms with Crippen LogP contribution in [-0.4, -0.2) is 41.8 Å². The van der Waals surface area contributed by atoms with Gasteiger partial charge in [0.2, 0.25) is 11.8 Å². The average Bonchev–Trinajstić information content (AvgIpc) is 3.22. The molecule has 2 amide bonds. The van der Waals surface area contributed by atoms with Crippen molar-refractivity contribution >= 4 is 28.3 Å². The van der Waals surface area contributed by atoms with Crippen LogP contribution in [0.4, 0.5) is 5.13 Å². The number of carbonyl (C=O) groups excluding carboxylic acids is 2. The Morgan fingerprint density at radius 3 is 2.78 bits per heavy atom. The quantitative estimate of drug-likeness (QED) is 0.780. The molecule has 0 radical (unpaired) electrons. The summed E-state index contributed by atoms with van der Waals surface area (Å²) in [5, 5.41) is 0.698. The number of piperidine rings is 1. The Morgan fingerprint density at radius 2 is 2.07 bits per heavy atom. The molecule has 0 saturated carbocycles. The maximum atomic E-state index is 13.0. The third kappa shape index (κ3) is 4.38. The number of carbonyl (C=O) groups is 2. The lowest BCUT2D eigenvalue weighted by Gasteiger charge is -2.34. The van der Waals surface area contributed by atoms with E-state index in [0.29, 0.717) is 11.7 Å². The molecule has 3 rings (SSSR count). The molecule has 5 nitrogen and oxygen atoms in total. The molecule has 2 aromatic rings. The minimum absolute atomic E-state index is 0.0176. The van der Waals surface area contributed by atoms with Gasteiger partial charge in [0.15, 0.2) is 5.13 Å². The van der Waals surface area contributed by atoms with Gasteiger partial charge in [0, 0.05) is 32.3 Å². The highest BCUT2D eigenvalue weighted by Gasteiger charge is 2.32. The standard InChI is InChI=1S/C21H27N3O2S/c1-4-15(2)19(25)24-12-8-11-17(14-24)20(26)23(3)21-22-13-18(27-21)16-9-6-5-7-10-16/h5-7,9-10,13,15,17H,4,8,11-12,14H2,1-3H3. The Bertz CT molecular complexity index is 790. The zero-order valence-corrected chi connectivity index (χ0v) is 17.0. The molecule has 1 fully saturated rings. The van der Waals surface area contributed by atoms with Crippen LogP contribution < -0.4 is 4.90 Å². The van der Waals surface area contributed by atoms with Gasteiger partial charge in [0.25, 0.3) is 0 Å². The summed E-state index contributed by atoms with van der Waals surface area (Å²) in [6.07, 6.45) is 4.35. The predicted octanol–water partition coefficient (Wildman–Crippen LogP) is 4.06. The van der Waals surface area contributed by atoms with E-state index in [9.17, 15) is 9.59 Å². The van der Waals surface area contributed by atoms with Gasteiger partial charge in [0.1, 0.15) is 0 Å². The molecule has 1 aromatic heterocycles. The van der Waals surface area contributed by atoms with E-state index < -0.39 is 0 Å². The summed E-state index contributed by atoms with van der Waals surface area (Å²) in [4.78, 5) is 34.5. The van der Waals surface area contributed by atoms with Crippen LogP contribution in [0.3, 0.4) is 0 Å². The Morgan fingerprint density at radius 1 is 1.33 bits per heavy atom. The van der Waals surface area contributed by atoms with Crippen molar-refractivity contribution in [2.45, 2.75) is 33.1 Å². The fourth-order valence-electron chi connectivity index (χ4n) is 3.39. The Hall–Kier alpha value is -2.21. The number of thiazole rings is 1. The molecular weight excluding hydrogens is 358 g/mol. The largest absolute Gasteiger partial charge is 0.342 e. The van der Waals surface area contributed by atoms with Crippen LogP contribution in [0.15, 0.2) is 36.5 Å². The van der Waals surface area contributed by atoms with Crippen molar-refractivity contribution in [3.63, 3.8) is 0 Å². The molecule has 1 aliphatic rings. The van der Waals surface area contributed by atoms with Gasteiger partial charge in [-0.05, 0) is 24.8 Å². The van der Waals surface area contributed by atoms with Crippen molar-refractivity contribution in [3.8, 4) is 10.4 Å².